The largest absolute Gasteiger partial charge is 0.478 e. The fourth-order valence-corrected chi connectivity index (χ4v) is 3.51. The van der Waals surface area contributed by atoms with E-state index in [2.05, 4.69) is 25.5 Å². The highest BCUT2D eigenvalue weighted by Gasteiger charge is 2.17. The summed E-state index contributed by atoms with van der Waals surface area (Å²) in [5.41, 5.74) is 2.31. The van der Waals surface area contributed by atoms with E-state index in [9.17, 15) is 9.18 Å². The first-order chi connectivity index (χ1) is 15.5. The first-order valence-electron chi connectivity index (χ1n) is 10.7. The van der Waals surface area contributed by atoms with Gasteiger partial charge in [-0.3, -0.25) is 4.79 Å². The van der Waals surface area contributed by atoms with Gasteiger partial charge in [-0.05, 0) is 63.1 Å². The van der Waals surface area contributed by atoms with Crippen LogP contribution in [0.25, 0.3) is 0 Å². The number of halogens is 1. The number of ether oxygens (including phenoxy) is 1. The van der Waals surface area contributed by atoms with Gasteiger partial charge in [0.1, 0.15) is 5.82 Å². The molecule has 166 valence electrons. The topological polar surface area (TPSA) is 79.4 Å². The number of nitrogens with zero attached hydrogens (tertiary/aromatic N) is 3. The van der Waals surface area contributed by atoms with Gasteiger partial charge in [0.25, 0.3) is 5.91 Å². The van der Waals surface area contributed by atoms with Gasteiger partial charge in [-0.2, -0.15) is 4.98 Å². The van der Waals surface area contributed by atoms with Crippen LogP contribution >= 0.6 is 0 Å². The summed E-state index contributed by atoms with van der Waals surface area (Å²) in [6, 6.07) is 15.2. The number of carbonyl (C=O) groups is 1. The molecule has 0 aliphatic carbocycles. The van der Waals surface area contributed by atoms with E-state index in [-0.39, 0.29) is 11.7 Å². The predicted octanol–water partition coefficient (Wildman–Crippen LogP) is 4.67. The number of aromatic nitrogens is 2. The quantitative estimate of drug-likeness (QED) is 0.561. The lowest BCUT2D eigenvalue weighted by Gasteiger charge is -2.18. The lowest BCUT2D eigenvalue weighted by molar-refractivity contribution is -0.122. The SMILES string of the molecule is Cc1cc(N2CCCC2)nc(Nc2ccc(NC(=O)[C@H](C)Oc3ccccc3F)cc2)n1. The average Bonchev–Trinajstić information content (AvgIpc) is 3.31. The zero-order chi connectivity index (χ0) is 22.5. The van der Waals surface area contributed by atoms with Gasteiger partial charge < -0.3 is 20.3 Å². The molecule has 0 radical (unpaired) electrons. The van der Waals surface area contributed by atoms with E-state index < -0.39 is 11.9 Å². The van der Waals surface area contributed by atoms with Gasteiger partial charge in [0, 0.05) is 36.2 Å². The first-order valence-corrected chi connectivity index (χ1v) is 10.7. The van der Waals surface area contributed by atoms with Crippen molar-refractivity contribution in [2.75, 3.05) is 28.6 Å². The number of hydrogen-bond donors (Lipinski definition) is 2. The van der Waals surface area contributed by atoms with Crippen molar-refractivity contribution in [3.05, 3.63) is 66.1 Å². The second-order valence-electron chi connectivity index (χ2n) is 7.77. The maximum absolute atomic E-state index is 13.7. The number of hydrogen-bond acceptors (Lipinski definition) is 6. The van der Waals surface area contributed by atoms with Crippen molar-refractivity contribution in [1.82, 2.24) is 9.97 Å². The van der Waals surface area contributed by atoms with E-state index in [0.717, 1.165) is 30.3 Å². The van der Waals surface area contributed by atoms with Crippen LogP contribution in [0.3, 0.4) is 0 Å². The van der Waals surface area contributed by atoms with E-state index in [4.69, 9.17) is 4.74 Å². The third kappa shape index (κ3) is 5.32. The highest BCUT2D eigenvalue weighted by atomic mass is 19.1. The number of para-hydroxylation sites is 1. The molecule has 1 fully saturated rings. The molecule has 3 aromatic rings. The Kier molecular flexibility index (Phi) is 6.49. The fraction of sp³-hybridized carbons (Fsp3) is 0.292. The van der Waals surface area contributed by atoms with Gasteiger partial charge in [-0.15, -0.1) is 0 Å². The van der Waals surface area contributed by atoms with Gasteiger partial charge in [-0.25, -0.2) is 9.37 Å². The molecule has 4 rings (SSSR count). The highest BCUT2D eigenvalue weighted by Crippen LogP contribution is 2.23. The van der Waals surface area contributed by atoms with Crippen LogP contribution in [-0.2, 0) is 4.79 Å². The molecule has 2 N–H and O–H groups in total. The number of rotatable bonds is 7. The number of aryl methyl sites for hydroxylation is 1. The second kappa shape index (κ2) is 9.64. The van der Waals surface area contributed by atoms with Crippen molar-refractivity contribution in [2.24, 2.45) is 0 Å². The maximum Gasteiger partial charge on any atom is 0.265 e. The summed E-state index contributed by atoms with van der Waals surface area (Å²) < 4.78 is 19.2. The van der Waals surface area contributed by atoms with Gasteiger partial charge >= 0.3 is 0 Å². The van der Waals surface area contributed by atoms with Gasteiger partial charge in [-0.1, -0.05) is 12.1 Å². The Bertz CT molecular complexity index is 1080. The Morgan fingerprint density at radius 2 is 1.75 bits per heavy atom. The number of benzene rings is 2. The zero-order valence-corrected chi connectivity index (χ0v) is 18.1. The summed E-state index contributed by atoms with van der Waals surface area (Å²) in [5, 5.41) is 6.00. The number of nitrogens with one attached hydrogen (secondary N) is 2. The van der Waals surface area contributed by atoms with Crippen LogP contribution in [0.15, 0.2) is 54.6 Å². The molecule has 0 bridgehead atoms. The van der Waals surface area contributed by atoms with E-state index in [1.54, 1.807) is 31.2 Å². The Morgan fingerprint density at radius 3 is 2.47 bits per heavy atom. The van der Waals surface area contributed by atoms with Crippen molar-refractivity contribution in [3.63, 3.8) is 0 Å². The van der Waals surface area contributed by atoms with Gasteiger partial charge in [0.2, 0.25) is 5.95 Å². The Hall–Kier alpha value is -3.68. The molecule has 0 spiro atoms. The highest BCUT2D eigenvalue weighted by molar-refractivity contribution is 5.94. The molecular weight excluding hydrogens is 409 g/mol. The molecule has 1 saturated heterocycles. The lowest BCUT2D eigenvalue weighted by Crippen LogP contribution is -2.30. The van der Waals surface area contributed by atoms with E-state index >= 15 is 0 Å². The van der Waals surface area contributed by atoms with Gasteiger partial charge in [0.05, 0.1) is 0 Å². The number of carbonyl (C=O) groups excluding carboxylic acids is 1. The normalized spacial score (nSPS) is 14.2. The molecule has 1 aromatic heterocycles. The van der Waals surface area contributed by atoms with Crippen LogP contribution < -0.4 is 20.3 Å². The molecular formula is C24H26FN5O2. The molecule has 1 atom stereocenters. The first kappa shape index (κ1) is 21.5. The van der Waals surface area contributed by atoms with Crippen LogP contribution in [0.1, 0.15) is 25.5 Å². The number of anilines is 4. The van der Waals surface area contributed by atoms with Crippen LogP contribution in [-0.4, -0.2) is 35.1 Å². The number of amides is 1. The summed E-state index contributed by atoms with van der Waals surface area (Å²) in [4.78, 5) is 23.8. The summed E-state index contributed by atoms with van der Waals surface area (Å²) in [6.07, 6.45) is 1.51. The minimum Gasteiger partial charge on any atom is -0.478 e. The Labute approximate surface area is 186 Å². The van der Waals surface area contributed by atoms with Crippen molar-refractivity contribution >= 4 is 29.0 Å². The molecule has 8 heteroatoms. The van der Waals surface area contributed by atoms with Crippen LogP contribution in [0.2, 0.25) is 0 Å². The Balaban J connectivity index is 1.37. The van der Waals surface area contributed by atoms with E-state index in [1.165, 1.54) is 25.0 Å². The molecule has 2 aromatic carbocycles. The minimum absolute atomic E-state index is 0.0427. The minimum atomic E-state index is -0.852. The summed E-state index contributed by atoms with van der Waals surface area (Å²) >= 11 is 0. The monoisotopic (exact) mass is 435 g/mol. The molecule has 0 unspecified atom stereocenters. The Morgan fingerprint density at radius 1 is 1.06 bits per heavy atom. The summed E-state index contributed by atoms with van der Waals surface area (Å²) in [7, 11) is 0. The van der Waals surface area contributed by atoms with E-state index in [1.807, 2.05) is 25.1 Å². The molecule has 7 nitrogen and oxygen atoms in total. The predicted molar refractivity (Wildman–Crippen MR) is 123 cm³/mol. The molecule has 2 heterocycles. The van der Waals surface area contributed by atoms with E-state index in [0.29, 0.717) is 11.6 Å². The molecule has 1 aliphatic rings. The molecule has 32 heavy (non-hydrogen) atoms. The average molecular weight is 436 g/mol. The van der Waals surface area contributed by atoms with Crippen LogP contribution in [0, 0.1) is 12.7 Å². The molecule has 1 aliphatic heterocycles. The standard InChI is InChI=1S/C24H26FN5O2/c1-16-15-22(30-13-5-6-14-30)29-24(26-16)28-19-11-9-18(10-12-19)27-23(31)17(2)32-21-8-4-3-7-20(21)25/h3-4,7-12,15,17H,5-6,13-14H2,1-2H3,(H,27,31)(H,26,28,29)/t17-/m0/s1. The van der Waals surface area contributed by atoms with Crippen molar-refractivity contribution in [2.45, 2.75) is 32.8 Å². The van der Waals surface area contributed by atoms with Gasteiger partial charge in [0.15, 0.2) is 17.7 Å². The van der Waals surface area contributed by atoms with Crippen molar-refractivity contribution < 1.29 is 13.9 Å². The fourth-order valence-electron chi connectivity index (χ4n) is 3.51. The van der Waals surface area contributed by atoms with Crippen molar-refractivity contribution in [1.29, 1.82) is 0 Å². The van der Waals surface area contributed by atoms with Crippen molar-refractivity contribution in [3.8, 4) is 5.75 Å². The van der Waals surface area contributed by atoms with Crippen LogP contribution in [0.5, 0.6) is 5.75 Å². The molecule has 0 saturated carbocycles. The molecule has 1 amide bonds. The second-order valence-corrected chi connectivity index (χ2v) is 7.77. The zero-order valence-electron chi connectivity index (χ0n) is 18.1. The summed E-state index contributed by atoms with van der Waals surface area (Å²) in [5.74, 6) is 0.641. The third-order valence-electron chi connectivity index (χ3n) is 5.19. The van der Waals surface area contributed by atoms with Crippen LogP contribution in [0.4, 0.5) is 27.5 Å². The smallest absolute Gasteiger partial charge is 0.265 e. The lowest BCUT2D eigenvalue weighted by atomic mass is 10.2. The summed E-state index contributed by atoms with van der Waals surface area (Å²) in [6.45, 7) is 5.56. The maximum atomic E-state index is 13.7. The third-order valence-corrected chi connectivity index (χ3v) is 5.19.